The Morgan fingerprint density at radius 1 is 0.793 bits per heavy atom. The van der Waals surface area contributed by atoms with Gasteiger partial charge in [0.2, 0.25) is 0 Å². The van der Waals surface area contributed by atoms with Crippen LogP contribution in [0.25, 0.3) is 0 Å². The molecule has 1 N–H and O–H groups in total. The highest BCUT2D eigenvalue weighted by molar-refractivity contribution is 6.36. The van der Waals surface area contributed by atoms with Crippen LogP contribution in [0.5, 0.6) is 11.5 Å². The second-order valence-corrected chi connectivity index (χ2v) is 8.19. The Bertz CT molecular complexity index is 986. The molecule has 8 heteroatoms. The Hall–Kier alpha value is -1.49. The van der Waals surface area contributed by atoms with Crippen molar-refractivity contribution in [3.63, 3.8) is 0 Å². The Morgan fingerprint density at radius 2 is 1.45 bits per heavy atom. The molecule has 3 nitrogen and oxygen atoms in total. The number of ether oxygens (including phenoxy) is 2. The van der Waals surface area contributed by atoms with E-state index in [1.165, 1.54) is 0 Å². The molecule has 0 aliphatic carbocycles. The summed E-state index contributed by atoms with van der Waals surface area (Å²) in [6, 6.07) is 14.0. The monoisotopic (exact) mass is 489 g/mol. The summed E-state index contributed by atoms with van der Waals surface area (Å²) in [5, 5.41) is 5.92. The van der Waals surface area contributed by atoms with E-state index >= 15 is 0 Å². The molecule has 0 atom stereocenters. The van der Waals surface area contributed by atoms with Crippen molar-refractivity contribution in [2.45, 2.75) is 13.2 Å². The van der Waals surface area contributed by atoms with Gasteiger partial charge < -0.3 is 14.8 Å². The van der Waals surface area contributed by atoms with Gasteiger partial charge in [-0.15, -0.1) is 0 Å². The summed E-state index contributed by atoms with van der Waals surface area (Å²) < 4.78 is 11.3. The third kappa shape index (κ3) is 5.78. The number of hydrogen-bond acceptors (Lipinski definition) is 3. The summed E-state index contributed by atoms with van der Waals surface area (Å²) in [7, 11) is 1.56. The molecule has 0 saturated heterocycles. The summed E-state index contributed by atoms with van der Waals surface area (Å²) in [5.74, 6) is 1.03. The highest BCUT2D eigenvalue weighted by Gasteiger charge is 2.13. The number of rotatable bonds is 7. The van der Waals surface area contributed by atoms with Crippen LogP contribution in [0.4, 0.5) is 5.69 Å². The van der Waals surface area contributed by atoms with E-state index in [1.54, 1.807) is 49.6 Å². The molecule has 0 heterocycles. The van der Waals surface area contributed by atoms with Gasteiger partial charge in [-0.2, -0.15) is 0 Å². The normalized spacial score (nSPS) is 10.7. The smallest absolute Gasteiger partial charge is 0.163 e. The van der Waals surface area contributed by atoms with Gasteiger partial charge in [-0.05, 0) is 42.0 Å². The fraction of sp³-hybridized carbons (Fsp3) is 0.143. The van der Waals surface area contributed by atoms with Crippen molar-refractivity contribution in [1.82, 2.24) is 0 Å². The Kier molecular flexibility index (Phi) is 7.66. The minimum Gasteiger partial charge on any atom is -0.493 e. The van der Waals surface area contributed by atoms with E-state index in [-0.39, 0.29) is 6.61 Å². The third-order valence-electron chi connectivity index (χ3n) is 4.11. The minimum atomic E-state index is 0.184. The third-order valence-corrected chi connectivity index (χ3v) is 5.61. The quantitative estimate of drug-likeness (QED) is 0.362. The first-order chi connectivity index (χ1) is 13.9. The van der Waals surface area contributed by atoms with Crippen LogP contribution in [-0.2, 0) is 13.2 Å². The van der Waals surface area contributed by atoms with Crippen LogP contribution in [0.15, 0.2) is 48.5 Å². The first-order valence-electron chi connectivity index (χ1n) is 8.49. The summed E-state index contributed by atoms with van der Waals surface area (Å²) in [6.45, 7) is 0.631. The first-order valence-corrected chi connectivity index (χ1v) is 10.4. The molecule has 3 aromatic carbocycles. The molecular formula is C21H16Cl5NO2. The summed E-state index contributed by atoms with van der Waals surface area (Å²) in [6.07, 6.45) is 0. The van der Waals surface area contributed by atoms with Gasteiger partial charge in [-0.25, -0.2) is 0 Å². The zero-order valence-corrected chi connectivity index (χ0v) is 19.0. The SMILES string of the molecule is COc1cc(CNc2cc(Cl)cc(Cl)c2)c(Cl)cc1OCc1c(Cl)cccc1Cl. The molecule has 0 saturated carbocycles. The Labute approximate surface area is 194 Å². The zero-order chi connectivity index (χ0) is 21.0. The average Bonchev–Trinajstić information content (AvgIpc) is 2.66. The average molecular weight is 492 g/mol. The molecular weight excluding hydrogens is 476 g/mol. The molecule has 0 aromatic heterocycles. The second kappa shape index (κ2) is 10.0. The topological polar surface area (TPSA) is 30.5 Å². The highest BCUT2D eigenvalue weighted by Crippen LogP contribution is 2.35. The van der Waals surface area contributed by atoms with E-state index in [2.05, 4.69) is 5.32 Å². The Morgan fingerprint density at radius 3 is 2.07 bits per heavy atom. The number of halogens is 5. The summed E-state index contributed by atoms with van der Waals surface area (Å²) in [4.78, 5) is 0. The van der Waals surface area contributed by atoms with Gasteiger partial charge in [0.15, 0.2) is 11.5 Å². The highest BCUT2D eigenvalue weighted by atomic mass is 35.5. The lowest BCUT2D eigenvalue weighted by Crippen LogP contribution is -2.03. The molecule has 0 spiro atoms. The fourth-order valence-corrected chi connectivity index (χ4v) is 3.91. The van der Waals surface area contributed by atoms with Crippen LogP contribution in [0.2, 0.25) is 25.1 Å². The standard InChI is InChI=1S/C21H16Cl5NO2/c1-28-20-5-12(10-27-15-7-13(22)6-14(23)8-15)19(26)9-21(20)29-11-16-17(24)3-2-4-18(16)25/h2-9,27H,10-11H2,1H3. The van der Waals surface area contributed by atoms with E-state index in [0.717, 1.165) is 11.3 Å². The maximum absolute atomic E-state index is 6.45. The lowest BCUT2D eigenvalue weighted by Gasteiger charge is -2.16. The second-order valence-electron chi connectivity index (χ2n) is 6.10. The van der Waals surface area contributed by atoms with Gasteiger partial charge in [0.05, 0.1) is 7.11 Å². The van der Waals surface area contributed by atoms with Crippen molar-refractivity contribution >= 4 is 63.7 Å². The van der Waals surface area contributed by atoms with Gasteiger partial charge in [0.25, 0.3) is 0 Å². The molecule has 29 heavy (non-hydrogen) atoms. The van der Waals surface area contributed by atoms with E-state index in [9.17, 15) is 0 Å². The van der Waals surface area contributed by atoms with Gasteiger partial charge in [0.1, 0.15) is 6.61 Å². The molecule has 152 valence electrons. The maximum atomic E-state index is 6.45. The first kappa shape index (κ1) is 22.2. The fourth-order valence-electron chi connectivity index (χ4n) is 2.66. The molecule has 0 bridgehead atoms. The molecule has 0 aliphatic rings. The maximum Gasteiger partial charge on any atom is 0.163 e. The van der Waals surface area contributed by atoms with Crippen LogP contribution < -0.4 is 14.8 Å². The molecule has 0 aliphatic heterocycles. The van der Waals surface area contributed by atoms with Crippen LogP contribution in [-0.4, -0.2) is 7.11 Å². The van der Waals surface area contributed by atoms with E-state index in [4.69, 9.17) is 67.5 Å². The summed E-state index contributed by atoms with van der Waals surface area (Å²) in [5.41, 5.74) is 2.30. The predicted molar refractivity (Wildman–Crippen MR) is 123 cm³/mol. The van der Waals surface area contributed by atoms with E-state index < -0.39 is 0 Å². The number of hydrogen-bond donors (Lipinski definition) is 1. The molecule has 0 fully saturated rings. The number of nitrogens with one attached hydrogen (secondary N) is 1. The number of methoxy groups -OCH3 is 1. The summed E-state index contributed by atoms with van der Waals surface area (Å²) >= 11 is 30.9. The molecule has 3 aromatic rings. The van der Waals surface area contributed by atoms with Gasteiger partial charge in [-0.3, -0.25) is 0 Å². The van der Waals surface area contributed by atoms with Crippen LogP contribution >= 0.6 is 58.0 Å². The molecule has 0 amide bonds. The minimum absolute atomic E-state index is 0.184. The molecule has 0 unspecified atom stereocenters. The Balaban J connectivity index is 1.76. The lowest BCUT2D eigenvalue weighted by molar-refractivity contribution is 0.284. The van der Waals surface area contributed by atoms with Crippen molar-refractivity contribution in [2.75, 3.05) is 12.4 Å². The molecule has 3 rings (SSSR count). The largest absolute Gasteiger partial charge is 0.493 e. The van der Waals surface area contributed by atoms with Crippen molar-refractivity contribution in [3.8, 4) is 11.5 Å². The zero-order valence-electron chi connectivity index (χ0n) is 15.2. The van der Waals surface area contributed by atoms with Crippen molar-refractivity contribution < 1.29 is 9.47 Å². The van der Waals surface area contributed by atoms with Crippen LogP contribution in [0.3, 0.4) is 0 Å². The number of benzene rings is 3. The van der Waals surface area contributed by atoms with Gasteiger partial charge >= 0.3 is 0 Å². The van der Waals surface area contributed by atoms with E-state index in [1.807, 2.05) is 6.07 Å². The van der Waals surface area contributed by atoms with Crippen LogP contribution in [0, 0.1) is 0 Å². The molecule has 0 radical (unpaired) electrons. The lowest BCUT2D eigenvalue weighted by atomic mass is 10.2. The van der Waals surface area contributed by atoms with Crippen molar-refractivity contribution in [2.24, 2.45) is 0 Å². The predicted octanol–water partition coefficient (Wildman–Crippen LogP) is 8.15. The van der Waals surface area contributed by atoms with Crippen molar-refractivity contribution in [1.29, 1.82) is 0 Å². The van der Waals surface area contributed by atoms with Crippen molar-refractivity contribution in [3.05, 3.63) is 84.8 Å². The van der Waals surface area contributed by atoms with Gasteiger partial charge in [0, 0.05) is 49.0 Å². The van der Waals surface area contributed by atoms with Gasteiger partial charge in [-0.1, -0.05) is 64.1 Å². The van der Waals surface area contributed by atoms with E-state index in [0.29, 0.717) is 48.7 Å². The number of anilines is 1. The van der Waals surface area contributed by atoms with Crippen LogP contribution in [0.1, 0.15) is 11.1 Å².